The molecule has 1 aromatic carbocycles. The zero-order valence-corrected chi connectivity index (χ0v) is 17.3. The van der Waals surface area contributed by atoms with Crippen molar-refractivity contribution < 1.29 is 14.3 Å². The Bertz CT molecular complexity index is 719. The lowest BCUT2D eigenvalue weighted by molar-refractivity contribution is -0.139. The minimum Gasteiger partial charge on any atom is -0.490 e. The van der Waals surface area contributed by atoms with Crippen LogP contribution in [0.1, 0.15) is 65.7 Å². The number of carbonyl (C=O) groups excluding carboxylic acids is 1. The standard InChI is InChI=1S/C23H32N2O3/c1-4-6-7-8-9-13-16-27-20-17-24-23(28-22(26)18(3)5-2)25-21(20)19-14-11-10-12-15-19/h10-12,14-15,17-18H,4-9,13,16H2,1-3H3. The van der Waals surface area contributed by atoms with E-state index in [9.17, 15) is 4.79 Å². The molecule has 5 nitrogen and oxygen atoms in total. The lowest BCUT2D eigenvalue weighted by Crippen LogP contribution is -2.18. The Kier molecular flexibility index (Phi) is 9.46. The minimum atomic E-state index is -0.317. The molecule has 0 amide bonds. The molecule has 0 N–H and O–H groups in total. The van der Waals surface area contributed by atoms with E-state index in [0.717, 1.165) is 18.4 Å². The first-order chi connectivity index (χ1) is 13.7. The maximum absolute atomic E-state index is 12.1. The molecule has 1 unspecified atom stereocenters. The van der Waals surface area contributed by atoms with Gasteiger partial charge in [-0.05, 0) is 12.8 Å². The summed E-state index contributed by atoms with van der Waals surface area (Å²) in [5.74, 6) is 0.109. The van der Waals surface area contributed by atoms with Crippen molar-refractivity contribution in [3.05, 3.63) is 36.5 Å². The van der Waals surface area contributed by atoms with Gasteiger partial charge in [-0.25, -0.2) is 0 Å². The van der Waals surface area contributed by atoms with Gasteiger partial charge < -0.3 is 9.47 Å². The van der Waals surface area contributed by atoms with E-state index in [4.69, 9.17) is 9.47 Å². The van der Waals surface area contributed by atoms with Crippen molar-refractivity contribution in [1.29, 1.82) is 0 Å². The molecule has 0 aliphatic heterocycles. The summed E-state index contributed by atoms with van der Waals surface area (Å²) in [4.78, 5) is 20.7. The summed E-state index contributed by atoms with van der Waals surface area (Å²) in [7, 11) is 0. The van der Waals surface area contributed by atoms with E-state index in [1.165, 1.54) is 25.7 Å². The molecule has 5 heteroatoms. The third kappa shape index (κ3) is 6.95. The van der Waals surface area contributed by atoms with Gasteiger partial charge in [-0.15, -0.1) is 0 Å². The number of benzene rings is 1. The molecule has 2 aromatic rings. The molecule has 0 spiro atoms. The zero-order chi connectivity index (χ0) is 20.2. The van der Waals surface area contributed by atoms with E-state index in [1.54, 1.807) is 6.20 Å². The van der Waals surface area contributed by atoms with Crippen LogP contribution in [0.15, 0.2) is 36.5 Å². The highest BCUT2D eigenvalue weighted by Crippen LogP contribution is 2.29. The summed E-state index contributed by atoms with van der Waals surface area (Å²) in [5, 5.41) is 0. The van der Waals surface area contributed by atoms with Crippen molar-refractivity contribution in [1.82, 2.24) is 9.97 Å². The van der Waals surface area contributed by atoms with Crippen LogP contribution in [-0.2, 0) is 4.79 Å². The Morgan fingerprint density at radius 2 is 1.75 bits per heavy atom. The van der Waals surface area contributed by atoms with Crippen LogP contribution in [0.4, 0.5) is 0 Å². The van der Waals surface area contributed by atoms with E-state index in [-0.39, 0.29) is 17.9 Å². The second-order valence-electron chi connectivity index (χ2n) is 7.08. The summed E-state index contributed by atoms with van der Waals surface area (Å²) in [5.41, 5.74) is 1.55. The van der Waals surface area contributed by atoms with Gasteiger partial charge in [-0.2, -0.15) is 9.97 Å². The Labute approximate surface area is 168 Å². The molecule has 28 heavy (non-hydrogen) atoms. The number of carbonyl (C=O) groups is 1. The van der Waals surface area contributed by atoms with Gasteiger partial charge in [-0.3, -0.25) is 4.79 Å². The molecule has 0 saturated carbocycles. The van der Waals surface area contributed by atoms with E-state index in [1.807, 2.05) is 44.2 Å². The summed E-state index contributed by atoms with van der Waals surface area (Å²) >= 11 is 0. The average Bonchev–Trinajstić information content (AvgIpc) is 2.73. The summed E-state index contributed by atoms with van der Waals surface area (Å²) in [6.07, 6.45) is 9.55. The number of unbranched alkanes of at least 4 members (excludes halogenated alkanes) is 5. The van der Waals surface area contributed by atoms with Gasteiger partial charge >= 0.3 is 12.0 Å². The highest BCUT2D eigenvalue weighted by atomic mass is 16.5. The molecule has 1 heterocycles. The van der Waals surface area contributed by atoms with Crippen LogP contribution < -0.4 is 9.47 Å². The number of rotatable bonds is 12. The van der Waals surface area contributed by atoms with E-state index in [2.05, 4.69) is 16.9 Å². The van der Waals surface area contributed by atoms with Gasteiger partial charge in [-0.1, -0.05) is 83.2 Å². The van der Waals surface area contributed by atoms with E-state index < -0.39 is 0 Å². The fourth-order valence-corrected chi connectivity index (χ4v) is 2.73. The van der Waals surface area contributed by atoms with Crippen LogP contribution in [0.25, 0.3) is 11.3 Å². The molecular formula is C23H32N2O3. The van der Waals surface area contributed by atoms with Gasteiger partial charge in [0, 0.05) is 5.56 Å². The van der Waals surface area contributed by atoms with E-state index in [0.29, 0.717) is 24.5 Å². The van der Waals surface area contributed by atoms with Gasteiger partial charge in [0.15, 0.2) is 5.75 Å². The van der Waals surface area contributed by atoms with Gasteiger partial charge in [0.1, 0.15) is 5.69 Å². The van der Waals surface area contributed by atoms with Crippen LogP contribution in [0.3, 0.4) is 0 Å². The third-order valence-corrected chi connectivity index (χ3v) is 4.74. The van der Waals surface area contributed by atoms with Crippen molar-refractivity contribution in [3.8, 4) is 23.0 Å². The number of aromatic nitrogens is 2. The molecular weight excluding hydrogens is 352 g/mol. The Hall–Kier alpha value is -2.43. The highest BCUT2D eigenvalue weighted by molar-refractivity contribution is 5.74. The molecule has 0 saturated heterocycles. The lowest BCUT2D eigenvalue weighted by Gasteiger charge is -2.13. The molecule has 0 aliphatic carbocycles. The van der Waals surface area contributed by atoms with Gasteiger partial charge in [0.2, 0.25) is 0 Å². The highest BCUT2D eigenvalue weighted by Gasteiger charge is 2.17. The molecule has 0 aliphatic rings. The van der Waals surface area contributed by atoms with Crippen LogP contribution in [0.2, 0.25) is 0 Å². The Balaban J connectivity index is 2.06. The molecule has 1 aromatic heterocycles. The van der Waals surface area contributed by atoms with Crippen molar-refractivity contribution in [2.75, 3.05) is 6.61 Å². The van der Waals surface area contributed by atoms with Gasteiger partial charge in [0.25, 0.3) is 0 Å². The maximum Gasteiger partial charge on any atom is 0.325 e. The van der Waals surface area contributed by atoms with Gasteiger partial charge in [0.05, 0.1) is 18.7 Å². The number of hydrogen-bond donors (Lipinski definition) is 0. The van der Waals surface area contributed by atoms with Crippen LogP contribution in [0.5, 0.6) is 11.8 Å². The Morgan fingerprint density at radius 1 is 1.04 bits per heavy atom. The second kappa shape index (κ2) is 12.1. The van der Waals surface area contributed by atoms with Crippen LogP contribution in [-0.4, -0.2) is 22.5 Å². The number of hydrogen-bond acceptors (Lipinski definition) is 5. The topological polar surface area (TPSA) is 61.3 Å². The SMILES string of the molecule is CCCCCCCCOc1cnc(OC(=O)C(C)CC)nc1-c1ccccc1. The minimum absolute atomic E-state index is 0.0658. The zero-order valence-electron chi connectivity index (χ0n) is 17.3. The van der Waals surface area contributed by atoms with E-state index >= 15 is 0 Å². The fraction of sp³-hybridized carbons (Fsp3) is 0.522. The average molecular weight is 385 g/mol. The smallest absolute Gasteiger partial charge is 0.325 e. The quantitative estimate of drug-likeness (QED) is 0.340. The second-order valence-corrected chi connectivity index (χ2v) is 7.08. The first-order valence-electron chi connectivity index (χ1n) is 10.4. The molecule has 0 radical (unpaired) electrons. The van der Waals surface area contributed by atoms with Crippen molar-refractivity contribution in [2.24, 2.45) is 5.92 Å². The normalized spacial score (nSPS) is 11.8. The third-order valence-electron chi connectivity index (χ3n) is 4.74. The molecule has 2 rings (SSSR count). The van der Waals surface area contributed by atoms with Crippen LogP contribution in [0, 0.1) is 5.92 Å². The number of nitrogens with zero attached hydrogens (tertiary/aromatic N) is 2. The predicted molar refractivity (Wildman–Crippen MR) is 111 cm³/mol. The molecule has 1 atom stereocenters. The Morgan fingerprint density at radius 3 is 2.46 bits per heavy atom. The van der Waals surface area contributed by atoms with Crippen molar-refractivity contribution >= 4 is 5.97 Å². The number of ether oxygens (including phenoxy) is 2. The summed E-state index contributed by atoms with van der Waals surface area (Å²) < 4.78 is 11.3. The maximum atomic E-state index is 12.1. The largest absolute Gasteiger partial charge is 0.490 e. The molecule has 0 bridgehead atoms. The summed E-state index contributed by atoms with van der Waals surface area (Å²) in [6.45, 7) is 6.62. The fourth-order valence-electron chi connectivity index (χ4n) is 2.73. The van der Waals surface area contributed by atoms with Crippen molar-refractivity contribution in [3.63, 3.8) is 0 Å². The van der Waals surface area contributed by atoms with Crippen molar-refractivity contribution in [2.45, 2.75) is 65.7 Å². The summed E-state index contributed by atoms with van der Waals surface area (Å²) in [6, 6.07) is 9.82. The molecule has 0 fully saturated rings. The predicted octanol–water partition coefficient (Wildman–Crippen LogP) is 5.83. The first kappa shape index (κ1) is 21.9. The monoisotopic (exact) mass is 384 g/mol. The number of esters is 1. The first-order valence-corrected chi connectivity index (χ1v) is 10.4. The lowest BCUT2D eigenvalue weighted by atomic mass is 10.1. The molecule has 152 valence electrons. The van der Waals surface area contributed by atoms with Crippen LogP contribution >= 0.6 is 0 Å².